The molecule has 120 valence electrons. The molecule has 0 aromatic carbocycles. The van der Waals surface area contributed by atoms with E-state index in [1.807, 2.05) is 20.8 Å². The van der Waals surface area contributed by atoms with E-state index in [9.17, 15) is 19.5 Å². The van der Waals surface area contributed by atoms with Gasteiger partial charge in [-0.3, -0.25) is 14.4 Å². The van der Waals surface area contributed by atoms with E-state index in [0.29, 0.717) is 25.3 Å². The fraction of sp³-hybridized carbons (Fsp3) is 0.800. The van der Waals surface area contributed by atoms with Gasteiger partial charge in [-0.15, -0.1) is 0 Å². The van der Waals surface area contributed by atoms with E-state index in [1.165, 1.54) is 0 Å². The Morgan fingerprint density at radius 1 is 1.14 bits per heavy atom. The third-order valence-corrected chi connectivity index (χ3v) is 3.89. The maximum absolute atomic E-state index is 12.2. The molecule has 0 spiro atoms. The summed E-state index contributed by atoms with van der Waals surface area (Å²) in [5.74, 6) is -2.15. The third-order valence-electron chi connectivity index (χ3n) is 3.89. The zero-order valence-corrected chi connectivity index (χ0v) is 13.2. The van der Waals surface area contributed by atoms with Gasteiger partial charge in [0.05, 0.1) is 11.8 Å². The second-order valence-corrected chi connectivity index (χ2v) is 6.50. The first-order chi connectivity index (χ1) is 9.72. The maximum Gasteiger partial charge on any atom is 0.307 e. The lowest BCUT2D eigenvalue weighted by atomic mass is 9.95. The molecule has 4 atom stereocenters. The molecule has 1 rings (SSSR count). The zero-order chi connectivity index (χ0) is 16.2. The number of carboxylic acids is 1. The van der Waals surface area contributed by atoms with Crippen LogP contribution in [0.3, 0.4) is 0 Å². The molecular weight excluding hydrogens is 272 g/mol. The van der Waals surface area contributed by atoms with E-state index in [0.717, 1.165) is 0 Å². The van der Waals surface area contributed by atoms with E-state index in [4.69, 9.17) is 0 Å². The number of amides is 2. The molecule has 6 nitrogen and oxygen atoms in total. The summed E-state index contributed by atoms with van der Waals surface area (Å²) in [5.41, 5.74) is 0. The number of rotatable bonds is 6. The van der Waals surface area contributed by atoms with Crippen LogP contribution in [0.1, 0.15) is 40.5 Å². The SMILES string of the molecule is CC(C)CNC(=O)C(C)NC(=O)C1CC(C)CC1C(=O)O. The number of hydrogen-bond acceptors (Lipinski definition) is 3. The summed E-state index contributed by atoms with van der Waals surface area (Å²) in [7, 11) is 0. The summed E-state index contributed by atoms with van der Waals surface area (Å²) in [6.07, 6.45) is 1.07. The van der Waals surface area contributed by atoms with Crippen LogP contribution in [0.5, 0.6) is 0 Å². The predicted octanol–water partition coefficient (Wildman–Crippen LogP) is 1.01. The van der Waals surface area contributed by atoms with Gasteiger partial charge in [-0.25, -0.2) is 0 Å². The van der Waals surface area contributed by atoms with Gasteiger partial charge in [-0.2, -0.15) is 0 Å². The monoisotopic (exact) mass is 298 g/mol. The molecule has 0 aromatic rings. The Morgan fingerprint density at radius 3 is 2.24 bits per heavy atom. The molecule has 21 heavy (non-hydrogen) atoms. The second kappa shape index (κ2) is 7.43. The molecule has 1 aliphatic rings. The van der Waals surface area contributed by atoms with Crippen molar-refractivity contribution in [2.24, 2.45) is 23.7 Å². The molecule has 0 bridgehead atoms. The van der Waals surface area contributed by atoms with E-state index in [2.05, 4.69) is 10.6 Å². The molecule has 2 amide bonds. The van der Waals surface area contributed by atoms with Crippen LogP contribution < -0.4 is 10.6 Å². The highest BCUT2D eigenvalue weighted by atomic mass is 16.4. The lowest BCUT2D eigenvalue weighted by Crippen LogP contribution is -2.48. The lowest BCUT2D eigenvalue weighted by molar-refractivity contribution is -0.146. The summed E-state index contributed by atoms with van der Waals surface area (Å²) < 4.78 is 0. The zero-order valence-electron chi connectivity index (χ0n) is 13.2. The number of carbonyl (C=O) groups excluding carboxylic acids is 2. The van der Waals surface area contributed by atoms with Gasteiger partial charge in [0.1, 0.15) is 6.04 Å². The van der Waals surface area contributed by atoms with Crippen molar-refractivity contribution in [1.29, 1.82) is 0 Å². The molecule has 1 fully saturated rings. The van der Waals surface area contributed by atoms with Gasteiger partial charge in [-0.05, 0) is 31.6 Å². The Morgan fingerprint density at radius 2 is 1.71 bits per heavy atom. The van der Waals surface area contributed by atoms with Crippen molar-refractivity contribution >= 4 is 17.8 Å². The molecule has 0 aliphatic heterocycles. The average Bonchev–Trinajstić information content (AvgIpc) is 2.78. The average molecular weight is 298 g/mol. The number of carboxylic acid groups (broad SMARTS) is 1. The number of hydrogen-bond donors (Lipinski definition) is 3. The van der Waals surface area contributed by atoms with Crippen LogP contribution in [0, 0.1) is 23.7 Å². The van der Waals surface area contributed by atoms with Crippen molar-refractivity contribution < 1.29 is 19.5 Å². The minimum atomic E-state index is -0.934. The first kappa shape index (κ1) is 17.5. The minimum absolute atomic E-state index is 0.215. The first-order valence-corrected chi connectivity index (χ1v) is 7.53. The molecule has 3 N–H and O–H groups in total. The highest BCUT2D eigenvalue weighted by Gasteiger charge is 2.41. The summed E-state index contributed by atoms with van der Waals surface area (Å²) in [6.45, 7) is 8.09. The summed E-state index contributed by atoms with van der Waals surface area (Å²) in [4.78, 5) is 35.2. The van der Waals surface area contributed by atoms with Gasteiger partial charge < -0.3 is 15.7 Å². The van der Waals surface area contributed by atoms with Crippen molar-refractivity contribution in [1.82, 2.24) is 10.6 Å². The standard InChI is InChI=1S/C15H26N2O4/c1-8(2)7-16-13(18)10(4)17-14(19)11-5-9(3)6-12(11)15(20)21/h8-12H,5-7H2,1-4H3,(H,16,18)(H,17,19)(H,20,21). The lowest BCUT2D eigenvalue weighted by Gasteiger charge is -2.19. The van der Waals surface area contributed by atoms with Crippen molar-refractivity contribution in [2.75, 3.05) is 6.54 Å². The number of carbonyl (C=O) groups is 3. The van der Waals surface area contributed by atoms with Gasteiger partial charge in [0, 0.05) is 6.54 Å². The highest BCUT2D eigenvalue weighted by molar-refractivity contribution is 5.90. The Kier molecular flexibility index (Phi) is 6.18. The predicted molar refractivity (Wildman–Crippen MR) is 78.5 cm³/mol. The normalized spacial score (nSPS) is 26.4. The first-order valence-electron chi connectivity index (χ1n) is 7.53. The van der Waals surface area contributed by atoms with Crippen LogP contribution in [0.25, 0.3) is 0 Å². The molecule has 0 saturated heterocycles. The number of nitrogens with one attached hydrogen (secondary N) is 2. The van der Waals surface area contributed by atoms with E-state index < -0.39 is 23.8 Å². The Labute approximate surface area is 125 Å². The molecule has 0 heterocycles. The topological polar surface area (TPSA) is 95.5 Å². The maximum atomic E-state index is 12.2. The van der Waals surface area contributed by atoms with Crippen molar-refractivity contribution in [3.05, 3.63) is 0 Å². The molecule has 0 radical (unpaired) electrons. The third kappa shape index (κ3) is 5.02. The Bertz CT molecular complexity index is 408. The largest absolute Gasteiger partial charge is 0.481 e. The summed E-state index contributed by atoms with van der Waals surface area (Å²) in [6, 6.07) is -0.651. The van der Waals surface area contributed by atoms with Gasteiger partial charge in [0.25, 0.3) is 0 Å². The second-order valence-electron chi connectivity index (χ2n) is 6.50. The fourth-order valence-electron chi connectivity index (χ4n) is 2.70. The van der Waals surface area contributed by atoms with Gasteiger partial charge >= 0.3 is 5.97 Å². The molecule has 6 heteroatoms. The van der Waals surface area contributed by atoms with Crippen LogP contribution in [0.4, 0.5) is 0 Å². The summed E-state index contributed by atoms with van der Waals surface area (Å²) in [5, 5.41) is 14.6. The minimum Gasteiger partial charge on any atom is -0.481 e. The highest BCUT2D eigenvalue weighted by Crippen LogP contribution is 2.36. The quantitative estimate of drug-likeness (QED) is 0.682. The van der Waals surface area contributed by atoms with Crippen LogP contribution in [-0.4, -0.2) is 35.5 Å². The van der Waals surface area contributed by atoms with E-state index >= 15 is 0 Å². The Hall–Kier alpha value is -1.59. The molecule has 1 saturated carbocycles. The van der Waals surface area contributed by atoms with E-state index in [-0.39, 0.29) is 17.7 Å². The smallest absolute Gasteiger partial charge is 0.307 e. The molecule has 4 unspecified atom stereocenters. The molecule has 0 aromatic heterocycles. The van der Waals surface area contributed by atoms with Crippen molar-refractivity contribution in [3.63, 3.8) is 0 Å². The van der Waals surface area contributed by atoms with Crippen LogP contribution in [-0.2, 0) is 14.4 Å². The van der Waals surface area contributed by atoms with Crippen molar-refractivity contribution in [3.8, 4) is 0 Å². The van der Waals surface area contributed by atoms with Crippen LogP contribution in [0.2, 0.25) is 0 Å². The van der Waals surface area contributed by atoms with Gasteiger partial charge in [-0.1, -0.05) is 20.8 Å². The molecular formula is C15H26N2O4. The van der Waals surface area contributed by atoms with Gasteiger partial charge in [0.2, 0.25) is 11.8 Å². The Balaban J connectivity index is 2.55. The fourth-order valence-corrected chi connectivity index (χ4v) is 2.70. The number of aliphatic carboxylic acids is 1. The van der Waals surface area contributed by atoms with Gasteiger partial charge in [0.15, 0.2) is 0 Å². The van der Waals surface area contributed by atoms with E-state index in [1.54, 1.807) is 6.92 Å². The van der Waals surface area contributed by atoms with Crippen LogP contribution >= 0.6 is 0 Å². The van der Waals surface area contributed by atoms with Crippen LogP contribution in [0.15, 0.2) is 0 Å². The molecule has 1 aliphatic carbocycles. The summed E-state index contributed by atoms with van der Waals surface area (Å²) >= 11 is 0. The van der Waals surface area contributed by atoms with Crippen molar-refractivity contribution in [2.45, 2.75) is 46.6 Å².